The molecule has 0 aliphatic carbocycles. The van der Waals surface area contributed by atoms with Crippen molar-refractivity contribution in [3.8, 4) is 11.1 Å². The van der Waals surface area contributed by atoms with Crippen LogP contribution < -0.4 is 10.6 Å². The monoisotopic (exact) mass is 440 g/mol. The molecule has 2 N–H and O–H groups in total. The molecule has 1 amide bonds. The number of hydrogen-bond donors (Lipinski definition) is 2. The quantitative estimate of drug-likeness (QED) is 0.482. The number of nitrogens with one attached hydrogen (secondary N) is 2. The molecule has 0 spiro atoms. The number of benzene rings is 3. The minimum Gasteiger partial charge on any atom is -0.348 e. The van der Waals surface area contributed by atoms with Gasteiger partial charge in [0, 0.05) is 51.9 Å². The predicted molar refractivity (Wildman–Crippen MR) is 130 cm³/mol. The fourth-order valence-corrected chi connectivity index (χ4v) is 4.29. The molecule has 0 unspecified atom stereocenters. The summed E-state index contributed by atoms with van der Waals surface area (Å²) in [5.74, 6) is -0.110. The maximum atomic E-state index is 12.7. The third kappa shape index (κ3) is 4.94. The van der Waals surface area contributed by atoms with E-state index in [0.29, 0.717) is 12.1 Å². The Morgan fingerprint density at radius 3 is 2.48 bits per heavy atom. The zero-order chi connectivity index (χ0) is 22.6. The third-order valence-corrected chi connectivity index (χ3v) is 6.13. The minimum atomic E-state index is -0.110. The Kier molecular flexibility index (Phi) is 6.15. The van der Waals surface area contributed by atoms with Gasteiger partial charge in [-0.15, -0.1) is 5.10 Å². The van der Waals surface area contributed by atoms with Crippen molar-refractivity contribution in [3.63, 3.8) is 0 Å². The average molecular weight is 441 g/mol. The lowest BCUT2D eigenvalue weighted by Gasteiger charge is -2.27. The molecule has 3 aromatic carbocycles. The molecule has 0 bridgehead atoms. The second kappa shape index (κ2) is 9.52. The summed E-state index contributed by atoms with van der Waals surface area (Å²) < 4.78 is 1.67. The first kappa shape index (κ1) is 21.3. The van der Waals surface area contributed by atoms with Crippen LogP contribution in [-0.2, 0) is 20.1 Å². The number of nitrogens with zero attached hydrogens (tertiary/aromatic N) is 4. The number of carbonyl (C=O) groups excluding carboxylic acids is 1. The van der Waals surface area contributed by atoms with Crippen LogP contribution >= 0.6 is 0 Å². The highest BCUT2D eigenvalue weighted by atomic mass is 16.1. The maximum absolute atomic E-state index is 12.7. The number of piperazine rings is 1. The molecule has 7 heteroatoms. The lowest BCUT2D eigenvalue weighted by atomic mass is 10.0. The van der Waals surface area contributed by atoms with E-state index in [1.54, 1.807) is 10.7 Å². The van der Waals surface area contributed by atoms with Crippen molar-refractivity contribution in [2.45, 2.75) is 13.1 Å². The van der Waals surface area contributed by atoms with Crippen LogP contribution in [0.5, 0.6) is 0 Å². The van der Waals surface area contributed by atoms with E-state index in [4.69, 9.17) is 0 Å². The second-order valence-corrected chi connectivity index (χ2v) is 8.53. The predicted octanol–water partition coefficient (Wildman–Crippen LogP) is 2.97. The fourth-order valence-electron chi connectivity index (χ4n) is 4.29. The summed E-state index contributed by atoms with van der Waals surface area (Å²) >= 11 is 0. The van der Waals surface area contributed by atoms with Crippen LogP contribution in [-0.4, -0.2) is 52.0 Å². The van der Waals surface area contributed by atoms with Gasteiger partial charge in [0.2, 0.25) is 0 Å². The Bertz CT molecular complexity index is 1270. The molecule has 1 aliphatic rings. The number of aromatic nitrogens is 3. The van der Waals surface area contributed by atoms with Gasteiger partial charge in [0.1, 0.15) is 5.52 Å². The van der Waals surface area contributed by atoms with Gasteiger partial charge in [-0.2, -0.15) is 0 Å². The largest absolute Gasteiger partial charge is 0.348 e. The van der Waals surface area contributed by atoms with Crippen LogP contribution in [0.25, 0.3) is 22.2 Å². The molecule has 1 aliphatic heterocycles. The first-order valence-corrected chi connectivity index (χ1v) is 11.3. The van der Waals surface area contributed by atoms with E-state index >= 15 is 0 Å². The maximum Gasteiger partial charge on any atom is 0.251 e. The molecule has 168 valence electrons. The molecule has 33 heavy (non-hydrogen) atoms. The average Bonchev–Trinajstić information content (AvgIpc) is 3.23. The highest BCUT2D eigenvalue weighted by Gasteiger charge is 2.11. The molecular weight excluding hydrogens is 412 g/mol. The van der Waals surface area contributed by atoms with E-state index in [9.17, 15) is 4.79 Å². The molecule has 4 aromatic rings. The molecule has 1 saturated heterocycles. The normalized spacial score (nSPS) is 14.5. The van der Waals surface area contributed by atoms with Crippen LogP contribution in [0.4, 0.5) is 0 Å². The second-order valence-electron chi connectivity index (χ2n) is 8.53. The molecule has 0 radical (unpaired) electrons. The van der Waals surface area contributed by atoms with Gasteiger partial charge in [-0.05, 0) is 52.6 Å². The number of rotatable bonds is 6. The van der Waals surface area contributed by atoms with Gasteiger partial charge in [-0.25, -0.2) is 4.68 Å². The lowest BCUT2D eigenvalue weighted by Crippen LogP contribution is -2.42. The van der Waals surface area contributed by atoms with E-state index in [0.717, 1.165) is 54.9 Å². The number of amides is 1. The van der Waals surface area contributed by atoms with Crippen molar-refractivity contribution in [3.05, 3.63) is 83.4 Å². The van der Waals surface area contributed by atoms with Crippen LogP contribution in [0.15, 0.2) is 66.7 Å². The summed E-state index contributed by atoms with van der Waals surface area (Å²) in [6.45, 7) is 5.73. The first-order valence-electron chi connectivity index (χ1n) is 11.3. The van der Waals surface area contributed by atoms with Crippen molar-refractivity contribution in [1.82, 2.24) is 30.5 Å². The van der Waals surface area contributed by atoms with Crippen molar-refractivity contribution >= 4 is 16.9 Å². The van der Waals surface area contributed by atoms with Crippen molar-refractivity contribution in [2.24, 2.45) is 7.05 Å². The number of hydrogen-bond acceptors (Lipinski definition) is 5. The lowest BCUT2D eigenvalue weighted by molar-refractivity contribution is 0.0951. The molecule has 5 rings (SSSR count). The Labute approximate surface area is 193 Å². The van der Waals surface area contributed by atoms with E-state index in [1.165, 1.54) is 11.1 Å². The minimum absolute atomic E-state index is 0.110. The number of aryl methyl sites for hydroxylation is 1. The van der Waals surface area contributed by atoms with E-state index in [-0.39, 0.29) is 5.91 Å². The molecule has 0 saturated carbocycles. The summed E-state index contributed by atoms with van der Waals surface area (Å²) in [7, 11) is 1.82. The van der Waals surface area contributed by atoms with Crippen molar-refractivity contribution in [1.29, 1.82) is 0 Å². The molecular formula is C26H28N6O. The van der Waals surface area contributed by atoms with Gasteiger partial charge < -0.3 is 10.6 Å². The topological polar surface area (TPSA) is 75.1 Å². The molecule has 2 heterocycles. The van der Waals surface area contributed by atoms with E-state index < -0.39 is 0 Å². The van der Waals surface area contributed by atoms with E-state index in [2.05, 4.69) is 62.2 Å². The Morgan fingerprint density at radius 2 is 1.70 bits per heavy atom. The standard InChI is InChI=1S/C26H28N6O/c1-31-25-16-23(8-9-24(25)29-30-31)26(33)28-17-19-4-2-6-21(14-19)22-7-3-5-20(15-22)18-32-12-10-27-11-13-32/h2-9,14-16,27H,10-13,17-18H2,1H3,(H,28,33). The van der Waals surface area contributed by atoms with Gasteiger partial charge in [0.05, 0.1) is 5.52 Å². The van der Waals surface area contributed by atoms with E-state index in [1.807, 2.05) is 31.3 Å². The summed E-state index contributed by atoms with van der Waals surface area (Å²) in [4.78, 5) is 15.2. The summed E-state index contributed by atoms with van der Waals surface area (Å²) in [5.41, 5.74) is 6.97. The van der Waals surface area contributed by atoms with Crippen LogP contribution in [0.3, 0.4) is 0 Å². The summed E-state index contributed by atoms with van der Waals surface area (Å²) in [6, 6.07) is 22.6. The third-order valence-electron chi connectivity index (χ3n) is 6.13. The number of carbonyl (C=O) groups is 1. The van der Waals surface area contributed by atoms with Crippen LogP contribution in [0.2, 0.25) is 0 Å². The van der Waals surface area contributed by atoms with Crippen molar-refractivity contribution < 1.29 is 4.79 Å². The van der Waals surface area contributed by atoms with Crippen LogP contribution in [0, 0.1) is 0 Å². The molecule has 7 nitrogen and oxygen atoms in total. The molecule has 1 fully saturated rings. The van der Waals surface area contributed by atoms with Crippen LogP contribution in [0.1, 0.15) is 21.5 Å². The Hall–Kier alpha value is -3.55. The van der Waals surface area contributed by atoms with Crippen molar-refractivity contribution in [2.75, 3.05) is 26.2 Å². The SMILES string of the molecule is Cn1nnc2ccc(C(=O)NCc3cccc(-c4cccc(CN5CCNCC5)c4)c3)cc21. The van der Waals surface area contributed by atoms with Gasteiger partial charge in [0.15, 0.2) is 0 Å². The van der Waals surface area contributed by atoms with Gasteiger partial charge >= 0.3 is 0 Å². The highest BCUT2D eigenvalue weighted by Crippen LogP contribution is 2.22. The number of fused-ring (bicyclic) bond motifs is 1. The van der Waals surface area contributed by atoms with Gasteiger partial charge in [-0.1, -0.05) is 41.6 Å². The first-order chi connectivity index (χ1) is 16.2. The summed E-state index contributed by atoms with van der Waals surface area (Å²) in [5, 5.41) is 14.5. The Balaban J connectivity index is 1.26. The van der Waals surface area contributed by atoms with Gasteiger partial charge in [0.25, 0.3) is 5.91 Å². The Morgan fingerprint density at radius 1 is 0.970 bits per heavy atom. The molecule has 1 aromatic heterocycles. The molecule has 0 atom stereocenters. The highest BCUT2D eigenvalue weighted by molar-refractivity contribution is 5.97. The smallest absolute Gasteiger partial charge is 0.251 e. The summed E-state index contributed by atoms with van der Waals surface area (Å²) in [6.07, 6.45) is 0. The zero-order valence-corrected chi connectivity index (χ0v) is 18.8. The van der Waals surface area contributed by atoms with Gasteiger partial charge in [-0.3, -0.25) is 9.69 Å². The fraction of sp³-hybridized carbons (Fsp3) is 0.269. The zero-order valence-electron chi connectivity index (χ0n) is 18.8.